The summed E-state index contributed by atoms with van der Waals surface area (Å²) in [4.78, 5) is 0. The average molecular weight is 220 g/mol. The molecule has 0 saturated heterocycles. The molecule has 0 radical (unpaired) electrons. The van der Waals surface area contributed by atoms with E-state index >= 15 is 0 Å². The first-order chi connectivity index (χ1) is 7.44. The van der Waals surface area contributed by atoms with E-state index in [0.717, 1.165) is 23.7 Å². The van der Waals surface area contributed by atoms with Gasteiger partial charge in [-0.2, -0.15) is 0 Å². The van der Waals surface area contributed by atoms with Crippen LogP contribution in [0.25, 0.3) is 0 Å². The fourth-order valence-electron chi connectivity index (χ4n) is 1.79. The molecule has 88 valence electrons. The molecule has 0 amide bonds. The second-order valence-electron chi connectivity index (χ2n) is 5.65. The first-order valence-corrected chi connectivity index (χ1v) is 5.95. The van der Waals surface area contributed by atoms with E-state index in [-0.39, 0.29) is 5.60 Å². The molecule has 2 rings (SSSR count). The molecule has 1 saturated carbocycles. The minimum atomic E-state index is -0.185. The van der Waals surface area contributed by atoms with Gasteiger partial charge in [0.1, 0.15) is 17.1 Å². The number of rotatable bonds is 3. The molecule has 1 fully saturated rings. The van der Waals surface area contributed by atoms with E-state index in [1.165, 1.54) is 12.8 Å². The van der Waals surface area contributed by atoms with Crippen molar-refractivity contribution in [2.24, 2.45) is 5.92 Å². The van der Waals surface area contributed by atoms with Crippen LogP contribution in [0.2, 0.25) is 0 Å². The van der Waals surface area contributed by atoms with Crippen molar-refractivity contribution in [2.45, 2.75) is 45.6 Å². The number of aromatic hydroxyl groups is 1. The van der Waals surface area contributed by atoms with Crippen LogP contribution in [0.1, 0.15) is 39.2 Å². The Morgan fingerprint density at radius 1 is 1.31 bits per heavy atom. The molecule has 0 unspecified atom stereocenters. The number of phenolic OH excluding ortho intramolecular Hbond substituents is 1. The van der Waals surface area contributed by atoms with Crippen molar-refractivity contribution < 1.29 is 9.84 Å². The van der Waals surface area contributed by atoms with Crippen LogP contribution in [0.5, 0.6) is 11.5 Å². The SMILES string of the molecule is CC(C)(C)Oc1ccc(O)cc1CC1CC1. The summed E-state index contributed by atoms with van der Waals surface area (Å²) in [6.07, 6.45) is 3.65. The standard InChI is InChI=1S/C14H20O2/c1-14(2,3)16-13-7-6-12(15)9-11(13)8-10-4-5-10/h6-7,9-10,15H,4-5,8H2,1-3H3. The Balaban J connectivity index is 2.20. The van der Waals surface area contributed by atoms with Crippen molar-refractivity contribution in [3.63, 3.8) is 0 Å². The van der Waals surface area contributed by atoms with Crippen molar-refractivity contribution in [1.29, 1.82) is 0 Å². The molecule has 16 heavy (non-hydrogen) atoms. The van der Waals surface area contributed by atoms with E-state index in [1.54, 1.807) is 6.07 Å². The highest BCUT2D eigenvalue weighted by Gasteiger charge is 2.24. The fourth-order valence-corrected chi connectivity index (χ4v) is 1.79. The zero-order valence-electron chi connectivity index (χ0n) is 10.3. The van der Waals surface area contributed by atoms with Crippen molar-refractivity contribution in [3.05, 3.63) is 23.8 Å². The molecule has 2 nitrogen and oxygen atoms in total. The topological polar surface area (TPSA) is 29.5 Å². The molecule has 0 bridgehead atoms. The van der Waals surface area contributed by atoms with Crippen molar-refractivity contribution in [3.8, 4) is 11.5 Å². The minimum absolute atomic E-state index is 0.185. The Morgan fingerprint density at radius 2 is 2.00 bits per heavy atom. The largest absolute Gasteiger partial charge is 0.508 e. The van der Waals surface area contributed by atoms with Crippen LogP contribution in [0, 0.1) is 5.92 Å². The first-order valence-electron chi connectivity index (χ1n) is 5.95. The van der Waals surface area contributed by atoms with Gasteiger partial charge < -0.3 is 9.84 Å². The summed E-state index contributed by atoms with van der Waals surface area (Å²) in [6, 6.07) is 5.40. The van der Waals surface area contributed by atoms with Gasteiger partial charge in [0.25, 0.3) is 0 Å². The Labute approximate surface area is 97.3 Å². The van der Waals surface area contributed by atoms with Gasteiger partial charge in [0.15, 0.2) is 0 Å². The van der Waals surface area contributed by atoms with Crippen molar-refractivity contribution in [1.82, 2.24) is 0 Å². The smallest absolute Gasteiger partial charge is 0.123 e. The quantitative estimate of drug-likeness (QED) is 0.844. The van der Waals surface area contributed by atoms with Gasteiger partial charge in [-0.05, 0) is 69.7 Å². The molecule has 0 atom stereocenters. The van der Waals surface area contributed by atoms with Crippen LogP contribution in [0.15, 0.2) is 18.2 Å². The predicted octanol–water partition coefficient (Wildman–Crippen LogP) is 3.52. The van der Waals surface area contributed by atoms with Gasteiger partial charge in [0, 0.05) is 0 Å². The van der Waals surface area contributed by atoms with Gasteiger partial charge in [-0.15, -0.1) is 0 Å². The highest BCUT2D eigenvalue weighted by molar-refractivity contribution is 5.40. The summed E-state index contributed by atoms with van der Waals surface area (Å²) >= 11 is 0. The monoisotopic (exact) mass is 220 g/mol. The maximum absolute atomic E-state index is 9.51. The molecule has 2 heteroatoms. The lowest BCUT2D eigenvalue weighted by Gasteiger charge is -2.23. The van der Waals surface area contributed by atoms with E-state index in [2.05, 4.69) is 0 Å². The summed E-state index contributed by atoms with van der Waals surface area (Å²) in [5.41, 5.74) is 0.951. The lowest BCUT2D eigenvalue weighted by atomic mass is 10.1. The average Bonchev–Trinajstić information content (AvgIpc) is 2.91. The first kappa shape index (κ1) is 11.3. The zero-order chi connectivity index (χ0) is 11.8. The second-order valence-corrected chi connectivity index (χ2v) is 5.65. The molecular weight excluding hydrogens is 200 g/mol. The number of phenols is 1. The van der Waals surface area contributed by atoms with E-state index in [0.29, 0.717) is 5.75 Å². The molecule has 1 aliphatic rings. The van der Waals surface area contributed by atoms with Gasteiger partial charge in [-0.25, -0.2) is 0 Å². The third kappa shape index (κ3) is 3.16. The van der Waals surface area contributed by atoms with Crippen LogP contribution >= 0.6 is 0 Å². The molecule has 1 aliphatic carbocycles. The number of ether oxygens (including phenoxy) is 1. The van der Waals surface area contributed by atoms with E-state index in [4.69, 9.17) is 4.74 Å². The van der Waals surface area contributed by atoms with Crippen LogP contribution in [-0.4, -0.2) is 10.7 Å². The maximum atomic E-state index is 9.51. The summed E-state index contributed by atoms with van der Waals surface area (Å²) in [5.74, 6) is 2.04. The van der Waals surface area contributed by atoms with E-state index in [1.807, 2.05) is 32.9 Å². The lowest BCUT2D eigenvalue weighted by Crippen LogP contribution is -2.23. The number of hydrogen-bond acceptors (Lipinski definition) is 2. The zero-order valence-corrected chi connectivity index (χ0v) is 10.3. The lowest BCUT2D eigenvalue weighted by molar-refractivity contribution is 0.129. The predicted molar refractivity (Wildman–Crippen MR) is 64.9 cm³/mol. The number of benzene rings is 1. The highest BCUT2D eigenvalue weighted by Crippen LogP contribution is 2.37. The Morgan fingerprint density at radius 3 is 2.56 bits per heavy atom. The van der Waals surface area contributed by atoms with Gasteiger partial charge in [-0.1, -0.05) is 0 Å². The van der Waals surface area contributed by atoms with Crippen LogP contribution in [-0.2, 0) is 6.42 Å². The van der Waals surface area contributed by atoms with Gasteiger partial charge in [0.2, 0.25) is 0 Å². The molecule has 0 spiro atoms. The van der Waals surface area contributed by atoms with Crippen molar-refractivity contribution in [2.75, 3.05) is 0 Å². The van der Waals surface area contributed by atoms with Crippen LogP contribution in [0.3, 0.4) is 0 Å². The highest BCUT2D eigenvalue weighted by atomic mass is 16.5. The Hall–Kier alpha value is -1.18. The van der Waals surface area contributed by atoms with E-state index in [9.17, 15) is 5.11 Å². The molecule has 0 aromatic heterocycles. The molecule has 0 aliphatic heterocycles. The Bertz CT molecular complexity index is 373. The molecule has 1 aromatic carbocycles. The van der Waals surface area contributed by atoms with Crippen molar-refractivity contribution >= 4 is 0 Å². The minimum Gasteiger partial charge on any atom is -0.508 e. The van der Waals surface area contributed by atoms with Crippen LogP contribution in [0.4, 0.5) is 0 Å². The van der Waals surface area contributed by atoms with Crippen LogP contribution < -0.4 is 4.74 Å². The second kappa shape index (κ2) is 4.00. The molecule has 1 aromatic rings. The van der Waals surface area contributed by atoms with E-state index < -0.39 is 0 Å². The number of hydrogen-bond donors (Lipinski definition) is 1. The van der Waals surface area contributed by atoms with Gasteiger partial charge in [-0.3, -0.25) is 0 Å². The fraction of sp³-hybridized carbons (Fsp3) is 0.571. The third-order valence-corrected chi connectivity index (χ3v) is 2.67. The third-order valence-electron chi connectivity index (χ3n) is 2.67. The summed E-state index contributed by atoms with van der Waals surface area (Å²) in [6.45, 7) is 6.13. The van der Waals surface area contributed by atoms with Gasteiger partial charge >= 0.3 is 0 Å². The summed E-state index contributed by atoms with van der Waals surface area (Å²) in [5, 5.41) is 9.51. The maximum Gasteiger partial charge on any atom is 0.123 e. The summed E-state index contributed by atoms with van der Waals surface area (Å²) in [7, 11) is 0. The molecule has 0 heterocycles. The normalized spacial score (nSPS) is 16.2. The molecular formula is C14H20O2. The van der Waals surface area contributed by atoms with Gasteiger partial charge in [0.05, 0.1) is 0 Å². The Kier molecular flexibility index (Phi) is 2.83. The summed E-state index contributed by atoms with van der Waals surface area (Å²) < 4.78 is 5.91. The molecule has 1 N–H and O–H groups in total.